The molecule has 56 valence electrons. The number of halogens is 1. The molecule has 0 unspecified atom stereocenters. The molecule has 2 nitrogen and oxygen atoms in total. The minimum atomic E-state index is 0.691. The van der Waals surface area contributed by atoms with Gasteiger partial charge in [-0.15, -0.1) is 0 Å². The fraction of sp³-hybridized carbons (Fsp3) is 0.125. The molecule has 11 heavy (non-hydrogen) atoms. The number of hydrogen-bond acceptors (Lipinski definition) is 2. The first-order chi connectivity index (χ1) is 5.38. The average molecular weight is 211 g/mol. The van der Waals surface area contributed by atoms with Gasteiger partial charge in [-0.05, 0) is 6.07 Å². The predicted octanol–water partition coefficient (Wildman–Crippen LogP) is 2.19. The molecule has 0 saturated heterocycles. The molecule has 0 atom stereocenters. The lowest BCUT2D eigenvalue weighted by atomic mass is 10.2. The minimum absolute atomic E-state index is 0.691. The minimum Gasteiger partial charge on any atom is -0.287 e. The van der Waals surface area contributed by atoms with Crippen molar-refractivity contribution < 1.29 is 0 Å². The van der Waals surface area contributed by atoms with Gasteiger partial charge in [0.05, 0.1) is 21.8 Å². The topological polar surface area (TPSA) is 15.6 Å². The SMILES string of the molecule is BrN1CN=Cc2ccccc21. The number of rotatable bonds is 0. The molecule has 1 aromatic carbocycles. The van der Waals surface area contributed by atoms with Crippen molar-refractivity contribution in [1.29, 1.82) is 0 Å². The lowest BCUT2D eigenvalue weighted by Crippen LogP contribution is -2.15. The fourth-order valence-electron chi connectivity index (χ4n) is 1.10. The Balaban J connectivity index is 2.54. The molecule has 0 fully saturated rings. The van der Waals surface area contributed by atoms with Crippen molar-refractivity contribution >= 4 is 28.0 Å². The summed E-state index contributed by atoms with van der Waals surface area (Å²) in [5.74, 6) is 0. The number of nitrogens with zero attached hydrogens (tertiary/aromatic N) is 2. The number of fused-ring (bicyclic) bond motifs is 1. The molecule has 0 radical (unpaired) electrons. The van der Waals surface area contributed by atoms with Crippen LogP contribution in [0.2, 0.25) is 0 Å². The van der Waals surface area contributed by atoms with Crippen LogP contribution >= 0.6 is 16.1 Å². The Kier molecular flexibility index (Phi) is 1.66. The van der Waals surface area contributed by atoms with Gasteiger partial charge in [-0.1, -0.05) is 18.2 Å². The highest BCUT2D eigenvalue weighted by Crippen LogP contribution is 2.24. The monoisotopic (exact) mass is 210 g/mol. The van der Waals surface area contributed by atoms with E-state index in [2.05, 4.69) is 27.2 Å². The summed E-state index contributed by atoms with van der Waals surface area (Å²) >= 11 is 3.41. The first kappa shape index (κ1) is 6.85. The van der Waals surface area contributed by atoms with E-state index in [-0.39, 0.29) is 0 Å². The van der Waals surface area contributed by atoms with Crippen LogP contribution in [0.15, 0.2) is 29.3 Å². The largest absolute Gasteiger partial charge is 0.287 e. The van der Waals surface area contributed by atoms with Crippen molar-refractivity contribution in [3.8, 4) is 0 Å². The van der Waals surface area contributed by atoms with Gasteiger partial charge >= 0.3 is 0 Å². The van der Waals surface area contributed by atoms with Crippen molar-refractivity contribution in [3.63, 3.8) is 0 Å². The van der Waals surface area contributed by atoms with Crippen LogP contribution in [-0.4, -0.2) is 12.9 Å². The molecule has 0 amide bonds. The molecule has 0 bridgehead atoms. The van der Waals surface area contributed by atoms with E-state index in [1.807, 2.05) is 28.3 Å². The first-order valence-corrected chi connectivity index (χ1v) is 4.11. The molecule has 1 heterocycles. The zero-order valence-electron chi connectivity index (χ0n) is 5.87. The number of anilines is 1. The molecular formula is C8H7BrN2. The van der Waals surface area contributed by atoms with Crippen LogP contribution in [0, 0.1) is 0 Å². The quantitative estimate of drug-likeness (QED) is 0.600. The second kappa shape index (κ2) is 2.66. The standard InChI is InChI=1S/C8H7BrN2/c9-11-6-10-5-7-3-1-2-4-8(7)11/h1-5H,6H2. The first-order valence-electron chi connectivity index (χ1n) is 3.40. The normalized spacial score (nSPS) is 14.8. The lowest BCUT2D eigenvalue weighted by molar-refractivity contribution is 1.06. The van der Waals surface area contributed by atoms with Gasteiger partial charge in [0.2, 0.25) is 0 Å². The predicted molar refractivity (Wildman–Crippen MR) is 50.3 cm³/mol. The second-order valence-corrected chi connectivity index (χ2v) is 3.23. The second-order valence-electron chi connectivity index (χ2n) is 2.37. The number of para-hydroxylation sites is 1. The van der Waals surface area contributed by atoms with Crippen LogP contribution in [0.3, 0.4) is 0 Å². The smallest absolute Gasteiger partial charge is 0.120 e. The number of aliphatic imine (C=N–C) groups is 1. The molecule has 0 spiro atoms. The van der Waals surface area contributed by atoms with Gasteiger partial charge in [0, 0.05) is 11.8 Å². The molecule has 1 aliphatic rings. The summed E-state index contributed by atoms with van der Waals surface area (Å²) in [7, 11) is 0. The third kappa shape index (κ3) is 1.16. The Hall–Kier alpha value is -0.830. The van der Waals surface area contributed by atoms with Crippen LogP contribution in [0.4, 0.5) is 5.69 Å². The van der Waals surface area contributed by atoms with Crippen molar-refractivity contribution in [2.75, 3.05) is 10.6 Å². The van der Waals surface area contributed by atoms with Gasteiger partial charge in [-0.2, -0.15) is 0 Å². The summed E-state index contributed by atoms with van der Waals surface area (Å²) in [4.78, 5) is 4.15. The van der Waals surface area contributed by atoms with E-state index >= 15 is 0 Å². The van der Waals surface area contributed by atoms with Crippen LogP contribution in [0.5, 0.6) is 0 Å². The molecule has 2 rings (SSSR count). The summed E-state index contributed by atoms with van der Waals surface area (Å²) < 4.78 is 1.95. The Morgan fingerprint density at radius 3 is 3.00 bits per heavy atom. The highest BCUT2D eigenvalue weighted by Gasteiger charge is 2.08. The molecule has 1 aliphatic heterocycles. The Morgan fingerprint density at radius 2 is 2.18 bits per heavy atom. The van der Waals surface area contributed by atoms with Gasteiger partial charge < -0.3 is 0 Å². The Labute approximate surface area is 73.9 Å². The van der Waals surface area contributed by atoms with Crippen LogP contribution < -0.4 is 3.93 Å². The lowest BCUT2D eigenvalue weighted by Gasteiger charge is -2.19. The average Bonchev–Trinajstić information content (AvgIpc) is 2.06. The van der Waals surface area contributed by atoms with Crippen molar-refractivity contribution in [2.24, 2.45) is 4.99 Å². The molecule has 3 heteroatoms. The summed E-state index contributed by atoms with van der Waals surface area (Å²) in [6.45, 7) is 0.691. The van der Waals surface area contributed by atoms with E-state index < -0.39 is 0 Å². The number of hydrogen-bond donors (Lipinski definition) is 0. The van der Waals surface area contributed by atoms with Crippen LogP contribution in [0.25, 0.3) is 0 Å². The molecule has 0 aromatic heterocycles. The van der Waals surface area contributed by atoms with E-state index in [1.165, 1.54) is 5.69 Å². The van der Waals surface area contributed by atoms with Gasteiger partial charge in [-0.3, -0.25) is 8.92 Å². The maximum absolute atomic E-state index is 4.15. The molecule has 0 aliphatic carbocycles. The molecule has 0 saturated carbocycles. The van der Waals surface area contributed by atoms with Gasteiger partial charge in [0.25, 0.3) is 0 Å². The van der Waals surface area contributed by atoms with E-state index in [1.54, 1.807) is 0 Å². The Bertz CT molecular complexity index is 296. The van der Waals surface area contributed by atoms with E-state index in [4.69, 9.17) is 0 Å². The van der Waals surface area contributed by atoms with Crippen molar-refractivity contribution in [1.82, 2.24) is 0 Å². The highest BCUT2D eigenvalue weighted by atomic mass is 79.9. The summed E-state index contributed by atoms with van der Waals surface area (Å²) in [6.07, 6.45) is 1.90. The highest BCUT2D eigenvalue weighted by molar-refractivity contribution is 9.10. The number of benzene rings is 1. The molecular weight excluding hydrogens is 204 g/mol. The van der Waals surface area contributed by atoms with Crippen molar-refractivity contribution in [2.45, 2.75) is 0 Å². The van der Waals surface area contributed by atoms with Gasteiger partial charge in [0.1, 0.15) is 6.67 Å². The molecule has 0 N–H and O–H groups in total. The maximum atomic E-state index is 4.15. The summed E-state index contributed by atoms with van der Waals surface area (Å²) in [5, 5.41) is 0. The molecule has 1 aromatic rings. The van der Waals surface area contributed by atoms with E-state index in [0.29, 0.717) is 6.67 Å². The van der Waals surface area contributed by atoms with Crippen LogP contribution in [0.1, 0.15) is 5.56 Å². The van der Waals surface area contributed by atoms with Gasteiger partial charge in [-0.25, -0.2) is 0 Å². The van der Waals surface area contributed by atoms with Crippen molar-refractivity contribution in [3.05, 3.63) is 29.8 Å². The van der Waals surface area contributed by atoms with Gasteiger partial charge in [0.15, 0.2) is 0 Å². The zero-order valence-corrected chi connectivity index (χ0v) is 7.45. The van der Waals surface area contributed by atoms with Crippen LogP contribution in [-0.2, 0) is 0 Å². The van der Waals surface area contributed by atoms with E-state index in [9.17, 15) is 0 Å². The fourth-order valence-corrected chi connectivity index (χ4v) is 1.56. The third-order valence-corrected chi connectivity index (χ3v) is 2.24. The summed E-state index contributed by atoms with van der Waals surface area (Å²) in [6, 6.07) is 8.14. The maximum Gasteiger partial charge on any atom is 0.120 e. The zero-order chi connectivity index (χ0) is 7.68. The van der Waals surface area contributed by atoms with E-state index in [0.717, 1.165) is 5.56 Å². The third-order valence-electron chi connectivity index (χ3n) is 1.63. The Morgan fingerprint density at radius 1 is 1.36 bits per heavy atom. The summed E-state index contributed by atoms with van der Waals surface area (Å²) in [5.41, 5.74) is 2.35.